The van der Waals surface area contributed by atoms with Crippen molar-refractivity contribution in [1.82, 2.24) is 5.32 Å². The van der Waals surface area contributed by atoms with Gasteiger partial charge in [0.15, 0.2) is 0 Å². The van der Waals surface area contributed by atoms with Crippen LogP contribution in [0, 0.1) is 0 Å². The van der Waals surface area contributed by atoms with Crippen molar-refractivity contribution >= 4 is 0 Å². The molecule has 80 valence electrons. The molecular weight excluding hydrogens is 166 g/mol. The van der Waals surface area contributed by atoms with Crippen LogP contribution in [0.25, 0.3) is 0 Å². The highest BCUT2D eigenvalue weighted by Gasteiger charge is 2.04. The second-order valence-corrected chi connectivity index (χ2v) is 3.36. The fourth-order valence-corrected chi connectivity index (χ4v) is 1.11. The van der Waals surface area contributed by atoms with E-state index in [1.54, 1.807) is 7.11 Å². The van der Waals surface area contributed by atoms with E-state index in [2.05, 4.69) is 19.2 Å². The average Bonchev–Trinajstić information content (AvgIpc) is 2.12. The molecule has 0 amide bonds. The largest absolute Gasteiger partial charge is 0.385 e. The lowest BCUT2D eigenvalue weighted by Gasteiger charge is -2.17. The van der Waals surface area contributed by atoms with E-state index in [1.165, 1.54) is 0 Å². The summed E-state index contributed by atoms with van der Waals surface area (Å²) in [5.74, 6) is 0. The minimum atomic E-state index is 0.301. The molecule has 0 rings (SSSR count). The van der Waals surface area contributed by atoms with E-state index in [1.807, 2.05) is 6.92 Å². The van der Waals surface area contributed by atoms with E-state index in [-0.39, 0.29) is 0 Å². The zero-order valence-corrected chi connectivity index (χ0v) is 9.30. The van der Waals surface area contributed by atoms with Gasteiger partial charge in [-0.2, -0.15) is 0 Å². The number of hydrogen-bond donors (Lipinski definition) is 1. The molecule has 0 saturated heterocycles. The van der Waals surface area contributed by atoms with E-state index in [4.69, 9.17) is 9.47 Å². The SMILES string of the molecule is CCOC(C)CNC(C)CCOC. The molecule has 0 saturated carbocycles. The van der Waals surface area contributed by atoms with Gasteiger partial charge in [0.05, 0.1) is 6.10 Å². The predicted octanol–water partition coefficient (Wildman–Crippen LogP) is 1.43. The molecule has 3 heteroatoms. The molecule has 0 aliphatic rings. The molecule has 2 unspecified atom stereocenters. The molecule has 0 aliphatic carbocycles. The Morgan fingerprint density at radius 3 is 2.54 bits per heavy atom. The fraction of sp³-hybridized carbons (Fsp3) is 1.00. The number of ether oxygens (including phenoxy) is 2. The first-order valence-corrected chi connectivity index (χ1v) is 5.04. The third-order valence-corrected chi connectivity index (χ3v) is 1.96. The molecule has 0 spiro atoms. The Balaban J connectivity index is 3.29. The molecular formula is C10H23NO2. The van der Waals surface area contributed by atoms with Crippen molar-refractivity contribution in [2.45, 2.75) is 39.3 Å². The van der Waals surface area contributed by atoms with Crippen LogP contribution in [0.15, 0.2) is 0 Å². The second-order valence-electron chi connectivity index (χ2n) is 3.36. The minimum absolute atomic E-state index is 0.301. The van der Waals surface area contributed by atoms with E-state index in [0.717, 1.165) is 26.2 Å². The lowest BCUT2D eigenvalue weighted by molar-refractivity contribution is 0.0731. The third-order valence-electron chi connectivity index (χ3n) is 1.96. The van der Waals surface area contributed by atoms with Crippen molar-refractivity contribution in [2.75, 3.05) is 26.9 Å². The van der Waals surface area contributed by atoms with Gasteiger partial charge in [0.1, 0.15) is 0 Å². The van der Waals surface area contributed by atoms with Gasteiger partial charge in [-0.05, 0) is 27.2 Å². The first-order chi connectivity index (χ1) is 6.20. The molecule has 2 atom stereocenters. The summed E-state index contributed by atoms with van der Waals surface area (Å²) in [6.45, 7) is 8.79. The van der Waals surface area contributed by atoms with Crippen LogP contribution in [-0.4, -0.2) is 39.0 Å². The number of rotatable bonds is 8. The monoisotopic (exact) mass is 189 g/mol. The fourth-order valence-electron chi connectivity index (χ4n) is 1.11. The minimum Gasteiger partial charge on any atom is -0.385 e. The molecule has 0 aromatic heterocycles. The summed E-state index contributed by atoms with van der Waals surface area (Å²) in [5.41, 5.74) is 0. The Morgan fingerprint density at radius 1 is 1.31 bits per heavy atom. The smallest absolute Gasteiger partial charge is 0.0671 e. The molecule has 0 heterocycles. The van der Waals surface area contributed by atoms with Crippen molar-refractivity contribution in [1.29, 1.82) is 0 Å². The number of hydrogen-bond acceptors (Lipinski definition) is 3. The van der Waals surface area contributed by atoms with Crippen LogP contribution < -0.4 is 5.32 Å². The van der Waals surface area contributed by atoms with Gasteiger partial charge in [0.25, 0.3) is 0 Å². The predicted molar refractivity (Wildman–Crippen MR) is 55.0 cm³/mol. The molecule has 3 nitrogen and oxygen atoms in total. The Kier molecular flexibility index (Phi) is 8.40. The molecule has 13 heavy (non-hydrogen) atoms. The first kappa shape index (κ1) is 12.9. The number of nitrogens with one attached hydrogen (secondary N) is 1. The van der Waals surface area contributed by atoms with Gasteiger partial charge in [0.2, 0.25) is 0 Å². The lowest BCUT2D eigenvalue weighted by Crippen LogP contribution is -2.34. The van der Waals surface area contributed by atoms with Gasteiger partial charge in [-0.15, -0.1) is 0 Å². The van der Waals surface area contributed by atoms with Crippen LogP contribution in [0.3, 0.4) is 0 Å². The van der Waals surface area contributed by atoms with E-state index >= 15 is 0 Å². The maximum atomic E-state index is 5.40. The van der Waals surface area contributed by atoms with Gasteiger partial charge < -0.3 is 14.8 Å². The highest BCUT2D eigenvalue weighted by molar-refractivity contribution is 4.63. The van der Waals surface area contributed by atoms with Gasteiger partial charge in [-0.1, -0.05) is 0 Å². The van der Waals surface area contributed by atoms with Crippen LogP contribution in [0.2, 0.25) is 0 Å². The summed E-state index contributed by atoms with van der Waals surface area (Å²) in [6.07, 6.45) is 1.35. The molecule has 0 radical (unpaired) electrons. The van der Waals surface area contributed by atoms with Crippen molar-refractivity contribution in [2.24, 2.45) is 0 Å². The van der Waals surface area contributed by atoms with Crippen molar-refractivity contribution in [3.63, 3.8) is 0 Å². The average molecular weight is 189 g/mol. The topological polar surface area (TPSA) is 30.5 Å². The van der Waals surface area contributed by atoms with Gasteiger partial charge in [-0.25, -0.2) is 0 Å². The Morgan fingerprint density at radius 2 is 2.00 bits per heavy atom. The van der Waals surface area contributed by atoms with Crippen molar-refractivity contribution in [3.8, 4) is 0 Å². The van der Waals surface area contributed by atoms with E-state index < -0.39 is 0 Å². The van der Waals surface area contributed by atoms with E-state index in [9.17, 15) is 0 Å². The summed E-state index contributed by atoms with van der Waals surface area (Å²) in [4.78, 5) is 0. The zero-order valence-electron chi connectivity index (χ0n) is 9.30. The summed E-state index contributed by atoms with van der Waals surface area (Å²) in [7, 11) is 1.73. The van der Waals surface area contributed by atoms with Crippen LogP contribution >= 0.6 is 0 Å². The Labute approximate surface area is 81.8 Å². The quantitative estimate of drug-likeness (QED) is 0.626. The maximum absolute atomic E-state index is 5.40. The highest BCUT2D eigenvalue weighted by atomic mass is 16.5. The van der Waals surface area contributed by atoms with Crippen LogP contribution in [-0.2, 0) is 9.47 Å². The third kappa shape index (κ3) is 8.22. The number of methoxy groups -OCH3 is 1. The van der Waals surface area contributed by atoms with Crippen molar-refractivity contribution in [3.05, 3.63) is 0 Å². The molecule has 0 aromatic rings. The van der Waals surface area contributed by atoms with Gasteiger partial charge in [-0.3, -0.25) is 0 Å². The molecule has 0 aliphatic heterocycles. The Hall–Kier alpha value is -0.120. The summed E-state index contributed by atoms with van der Waals surface area (Å²) in [5, 5.41) is 3.40. The van der Waals surface area contributed by atoms with Crippen LogP contribution in [0.4, 0.5) is 0 Å². The van der Waals surface area contributed by atoms with Crippen LogP contribution in [0.5, 0.6) is 0 Å². The highest BCUT2D eigenvalue weighted by Crippen LogP contribution is 1.93. The lowest BCUT2D eigenvalue weighted by atomic mass is 10.2. The van der Waals surface area contributed by atoms with E-state index in [0.29, 0.717) is 12.1 Å². The standard InChI is InChI=1S/C10H23NO2/c1-5-13-10(3)8-11-9(2)6-7-12-4/h9-11H,5-8H2,1-4H3. The van der Waals surface area contributed by atoms with Gasteiger partial charge >= 0.3 is 0 Å². The Bertz CT molecular complexity index is 109. The molecule has 0 fully saturated rings. The molecule has 0 aromatic carbocycles. The molecule has 0 bridgehead atoms. The van der Waals surface area contributed by atoms with Gasteiger partial charge in [0, 0.05) is 32.9 Å². The van der Waals surface area contributed by atoms with Crippen LogP contribution in [0.1, 0.15) is 27.2 Å². The second kappa shape index (κ2) is 8.48. The normalized spacial score (nSPS) is 15.7. The summed E-state index contributed by atoms with van der Waals surface area (Å²) < 4.78 is 10.4. The molecule has 1 N–H and O–H groups in total. The summed E-state index contributed by atoms with van der Waals surface area (Å²) >= 11 is 0. The first-order valence-electron chi connectivity index (χ1n) is 5.04. The maximum Gasteiger partial charge on any atom is 0.0671 e. The van der Waals surface area contributed by atoms with Crippen molar-refractivity contribution < 1.29 is 9.47 Å². The zero-order chi connectivity index (χ0) is 10.1. The summed E-state index contributed by atoms with van der Waals surface area (Å²) in [6, 6.07) is 0.503.